The number of nitrogens with two attached hydrogens (primary N) is 1. The normalized spacial score (nSPS) is 23.3. The van der Waals surface area contributed by atoms with Gasteiger partial charge in [0.2, 0.25) is 5.91 Å². The number of likely N-dealkylation sites (N-methyl/N-ethyl adjacent to an activating group) is 1. The van der Waals surface area contributed by atoms with E-state index in [1.807, 2.05) is 6.92 Å². The first-order valence-electron chi connectivity index (χ1n) is 4.33. The third kappa shape index (κ3) is 2.42. The van der Waals surface area contributed by atoms with E-state index in [2.05, 4.69) is 0 Å². The lowest BCUT2D eigenvalue weighted by atomic mass is 10.2. The van der Waals surface area contributed by atoms with E-state index in [0.717, 1.165) is 0 Å². The Morgan fingerprint density at radius 1 is 1.77 bits per heavy atom. The largest absolute Gasteiger partial charge is 0.370 e. The first-order valence-corrected chi connectivity index (χ1v) is 4.33. The van der Waals surface area contributed by atoms with E-state index in [1.54, 1.807) is 4.90 Å². The molecule has 5 nitrogen and oxygen atoms in total. The van der Waals surface area contributed by atoms with E-state index in [4.69, 9.17) is 10.5 Å². The fourth-order valence-corrected chi connectivity index (χ4v) is 1.33. The monoisotopic (exact) mass is 186 g/mol. The van der Waals surface area contributed by atoms with Crippen LogP contribution in [0.3, 0.4) is 0 Å². The van der Waals surface area contributed by atoms with Crippen molar-refractivity contribution < 1.29 is 14.3 Å². The molecule has 74 valence electrons. The first kappa shape index (κ1) is 9.98. The van der Waals surface area contributed by atoms with Crippen LogP contribution in [0.2, 0.25) is 0 Å². The molecule has 5 heteroatoms. The minimum Gasteiger partial charge on any atom is -0.370 e. The van der Waals surface area contributed by atoms with Crippen LogP contribution < -0.4 is 5.73 Å². The molecule has 1 heterocycles. The fraction of sp³-hybridized carbons (Fsp3) is 0.750. The zero-order valence-electron chi connectivity index (χ0n) is 7.66. The molecule has 1 unspecified atom stereocenters. The Morgan fingerprint density at radius 3 is 3.00 bits per heavy atom. The highest BCUT2D eigenvalue weighted by atomic mass is 16.5. The Labute approximate surface area is 76.8 Å². The minimum absolute atomic E-state index is 0.0185. The van der Waals surface area contributed by atoms with Crippen LogP contribution in [0.25, 0.3) is 0 Å². The maximum Gasteiger partial charge on any atom is 0.252 e. The summed E-state index contributed by atoms with van der Waals surface area (Å²) >= 11 is 0. The van der Waals surface area contributed by atoms with Crippen molar-refractivity contribution in [2.75, 3.05) is 19.7 Å². The maximum atomic E-state index is 11.5. The molecule has 0 spiro atoms. The quantitative estimate of drug-likeness (QED) is 0.621. The molecule has 2 N–H and O–H groups in total. The van der Waals surface area contributed by atoms with Crippen LogP contribution in [0.15, 0.2) is 0 Å². The van der Waals surface area contributed by atoms with Crippen LogP contribution in [0, 0.1) is 0 Å². The molecule has 1 saturated heterocycles. The van der Waals surface area contributed by atoms with E-state index in [9.17, 15) is 9.59 Å². The van der Waals surface area contributed by atoms with Gasteiger partial charge in [0.25, 0.3) is 5.91 Å². The summed E-state index contributed by atoms with van der Waals surface area (Å²) in [5, 5.41) is 0. The molecule has 0 aromatic carbocycles. The van der Waals surface area contributed by atoms with Crippen molar-refractivity contribution in [2.24, 2.45) is 5.73 Å². The first-order chi connectivity index (χ1) is 6.15. The summed E-state index contributed by atoms with van der Waals surface area (Å²) in [7, 11) is 0. The van der Waals surface area contributed by atoms with Gasteiger partial charge in [-0.15, -0.1) is 0 Å². The lowest BCUT2D eigenvalue weighted by molar-refractivity contribution is -0.155. The molecule has 0 aliphatic carbocycles. The average molecular weight is 186 g/mol. The summed E-state index contributed by atoms with van der Waals surface area (Å²) in [6, 6.07) is 0. The molecule has 0 radical (unpaired) electrons. The molecule has 1 fully saturated rings. The molecular weight excluding hydrogens is 172 g/mol. The van der Waals surface area contributed by atoms with Gasteiger partial charge in [0, 0.05) is 13.1 Å². The van der Waals surface area contributed by atoms with Gasteiger partial charge in [-0.2, -0.15) is 0 Å². The number of carbonyl (C=O) groups is 2. The molecule has 2 amide bonds. The second-order valence-corrected chi connectivity index (χ2v) is 2.95. The SMILES string of the molecule is CCN1CCOC(CC(N)=O)C1=O. The number of hydrogen-bond donors (Lipinski definition) is 1. The van der Waals surface area contributed by atoms with Gasteiger partial charge in [0.05, 0.1) is 13.0 Å². The van der Waals surface area contributed by atoms with E-state index >= 15 is 0 Å². The zero-order chi connectivity index (χ0) is 9.84. The highest BCUT2D eigenvalue weighted by molar-refractivity contribution is 5.87. The predicted octanol–water partition coefficient (Wildman–Crippen LogP) is -0.891. The van der Waals surface area contributed by atoms with Gasteiger partial charge in [-0.1, -0.05) is 0 Å². The van der Waals surface area contributed by atoms with Crippen molar-refractivity contribution >= 4 is 11.8 Å². The Hall–Kier alpha value is -1.10. The number of ether oxygens (including phenoxy) is 1. The molecule has 1 rings (SSSR count). The van der Waals surface area contributed by atoms with Gasteiger partial charge in [0.1, 0.15) is 6.10 Å². The Morgan fingerprint density at radius 2 is 2.46 bits per heavy atom. The molecule has 1 aliphatic rings. The van der Waals surface area contributed by atoms with Gasteiger partial charge in [-0.25, -0.2) is 0 Å². The lowest BCUT2D eigenvalue weighted by Crippen LogP contribution is -2.48. The Balaban J connectivity index is 2.54. The van der Waals surface area contributed by atoms with E-state index in [-0.39, 0.29) is 12.3 Å². The van der Waals surface area contributed by atoms with Gasteiger partial charge in [-0.3, -0.25) is 9.59 Å². The molecule has 13 heavy (non-hydrogen) atoms. The highest BCUT2D eigenvalue weighted by Crippen LogP contribution is 2.09. The maximum absolute atomic E-state index is 11.5. The highest BCUT2D eigenvalue weighted by Gasteiger charge is 2.29. The third-order valence-corrected chi connectivity index (χ3v) is 2.04. The molecule has 0 bridgehead atoms. The van der Waals surface area contributed by atoms with Gasteiger partial charge in [0.15, 0.2) is 0 Å². The van der Waals surface area contributed by atoms with Crippen molar-refractivity contribution in [3.05, 3.63) is 0 Å². The smallest absolute Gasteiger partial charge is 0.252 e. The summed E-state index contributed by atoms with van der Waals surface area (Å²) in [4.78, 5) is 23.7. The number of nitrogens with zero attached hydrogens (tertiary/aromatic N) is 1. The van der Waals surface area contributed by atoms with Crippen molar-refractivity contribution in [3.63, 3.8) is 0 Å². The summed E-state index contributed by atoms with van der Waals surface area (Å²) in [5.74, 6) is -0.635. The number of hydrogen-bond acceptors (Lipinski definition) is 3. The van der Waals surface area contributed by atoms with Crippen molar-refractivity contribution in [2.45, 2.75) is 19.4 Å². The number of primary amides is 1. The molecule has 1 aliphatic heterocycles. The Bertz CT molecular complexity index is 217. The fourth-order valence-electron chi connectivity index (χ4n) is 1.33. The second-order valence-electron chi connectivity index (χ2n) is 2.95. The summed E-state index contributed by atoms with van der Waals surface area (Å²) in [6.07, 6.45) is -0.679. The van der Waals surface area contributed by atoms with Crippen LogP contribution in [-0.2, 0) is 14.3 Å². The Kier molecular flexibility index (Phi) is 3.25. The number of morpholine rings is 1. The molecule has 0 saturated carbocycles. The molecular formula is C8H14N2O3. The number of amides is 2. The standard InChI is InChI=1S/C8H14N2O3/c1-2-10-3-4-13-6(8(10)12)5-7(9)11/h6H,2-5H2,1H3,(H2,9,11). The van der Waals surface area contributed by atoms with Crippen LogP contribution in [0.4, 0.5) is 0 Å². The van der Waals surface area contributed by atoms with Gasteiger partial charge < -0.3 is 15.4 Å². The van der Waals surface area contributed by atoms with E-state index in [1.165, 1.54) is 0 Å². The van der Waals surface area contributed by atoms with Crippen molar-refractivity contribution in [1.29, 1.82) is 0 Å². The predicted molar refractivity (Wildman–Crippen MR) is 45.8 cm³/mol. The van der Waals surface area contributed by atoms with Crippen LogP contribution in [0.1, 0.15) is 13.3 Å². The average Bonchev–Trinajstić information content (AvgIpc) is 2.08. The van der Waals surface area contributed by atoms with E-state index < -0.39 is 12.0 Å². The summed E-state index contributed by atoms with van der Waals surface area (Å²) < 4.78 is 5.14. The number of rotatable bonds is 3. The van der Waals surface area contributed by atoms with Crippen molar-refractivity contribution in [3.8, 4) is 0 Å². The van der Waals surface area contributed by atoms with Gasteiger partial charge >= 0.3 is 0 Å². The third-order valence-electron chi connectivity index (χ3n) is 2.04. The van der Waals surface area contributed by atoms with Crippen molar-refractivity contribution in [1.82, 2.24) is 4.90 Å². The topological polar surface area (TPSA) is 72.6 Å². The minimum atomic E-state index is -0.661. The second kappa shape index (κ2) is 4.23. The van der Waals surface area contributed by atoms with E-state index in [0.29, 0.717) is 19.7 Å². The molecule has 0 aromatic rings. The summed E-state index contributed by atoms with van der Waals surface area (Å²) in [5.41, 5.74) is 4.98. The van der Waals surface area contributed by atoms with Gasteiger partial charge in [-0.05, 0) is 6.92 Å². The number of carbonyl (C=O) groups excluding carboxylic acids is 2. The zero-order valence-corrected chi connectivity index (χ0v) is 7.66. The summed E-state index contributed by atoms with van der Waals surface area (Å²) in [6.45, 7) is 3.63. The lowest BCUT2D eigenvalue weighted by Gasteiger charge is -2.30. The van der Waals surface area contributed by atoms with Crippen LogP contribution in [0.5, 0.6) is 0 Å². The molecule has 0 aromatic heterocycles. The molecule has 1 atom stereocenters. The van der Waals surface area contributed by atoms with Crippen LogP contribution in [-0.4, -0.2) is 42.5 Å². The van der Waals surface area contributed by atoms with Crippen LogP contribution >= 0.6 is 0 Å².